The van der Waals surface area contributed by atoms with E-state index >= 15 is 0 Å². The summed E-state index contributed by atoms with van der Waals surface area (Å²) in [5.41, 5.74) is 2.95. The highest BCUT2D eigenvalue weighted by atomic mass is 35.5. The maximum Gasteiger partial charge on any atom is 0.261 e. The number of morpholine rings is 1. The van der Waals surface area contributed by atoms with Crippen LogP contribution in [0.25, 0.3) is 22.2 Å². The molecule has 0 saturated carbocycles. The van der Waals surface area contributed by atoms with Crippen LogP contribution in [0.2, 0.25) is 5.15 Å². The minimum Gasteiger partial charge on any atom is -0.378 e. The molecule has 8 nitrogen and oxygen atoms in total. The second-order valence-electron chi connectivity index (χ2n) is 7.65. The molecule has 5 rings (SSSR count). The lowest BCUT2D eigenvalue weighted by Crippen LogP contribution is -2.36. The van der Waals surface area contributed by atoms with Crippen molar-refractivity contribution in [1.29, 1.82) is 0 Å². The van der Waals surface area contributed by atoms with Gasteiger partial charge in [0.2, 0.25) is 0 Å². The molecule has 2 aromatic heterocycles. The Morgan fingerprint density at radius 2 is 1.71 bits per heavy atom. The van der Waals surface area contributed by atoms with Gasteiger partial charge in [0.15, 0.2) is 5.15 Å². The molecule has 0 unspecified atom stereocenters. The molecule has 2 aromatic carbocycles. The Labute approximate surface area is 200 Å². The number of hydrogen-bond donors (Lipinski definition) is 1. The number of sulfonamides is 1. The van der Waals surface area contributed by atoms with Crippen LogP contribution in [0.3, 0.4) is 0 Å². The number of nitrogens with one attached hydrogen (secondary N) is 1. The second kappa shape index (κ2) is 9.13. The standard InChI is InChI=1S/C23H19ClFN5O3S/c24-23-21(29-34(31,32)18-4-2-17(25)3-5-18)12-16(13-27-23)15-1-6-19-20(11-15)28-22(14-26-19)30-7-9-33-10-8-30/h1-6,11-14,29H,7-10H2. The van der Waals surface area contributed by atoms with Gasteiger partial charge in [0.25, 0.3) is 10.0 Å². The summed E-state index contributed by atoms with van der Waals surface area (Å²) in [5.74, 6) is 0.242. The Kier molecular flexibility index (Phi) is 6.03. The third-order valence-corrected chi connectivity index (χ3v) is 7.09. The molecule has 0 aliphatic carbocycles. The Balaban J connectivity index is 1.47. The lowest BCUT2D eigenvalue weighted by atomic mass is 10.1. The van der Waals surface area contributed by atoms with Gasteiger partial charge in [-0.05, 0) is 48.0 Å². The van der Waals surface area contributed by atoms with E-state index in [4.69, 9.17) is 21.3 Å². The molecule has 11 heteroatoms. The Bertz CT molecular complexity index is 1460. The summed E-state index contributed by atoms with van der Waals surface area (Å²) in [5, 5.41) is -0.00961. The Morgan fingerprint density at radius 3 is 2.47 bits per heavy atom. The van der Waals surface area contributed by atoms with Crippen molar-refractivity contribution in [2.75, 3.05) is 35.9 Å². The molecule has 174 valence electrons. The van der Waals surface area contributed by atoms with Gasteiger partial charge in [-0.1, -0.05) is 17.7 Å². The number of halogens is 2. The molecule has 0 atom stereocenters. The van der Waals surface area contributed by atoms with Gasteiger partial charge >= 0.3 is 0 Å². The number of pyridine rings is 1. The summed E-state index contributed by atoms with van der Waals surface area (Å²) in [7, 11) is -3.98. The lowest BCUT2D eigenvalue weighted by Gasteiger charge is -2.27. The third-order valence-electron chi connectivity index (χ3n) is 5.41. The van der Waals surface area contributed by atoms with E-state index in [9.17, 15) is 12.8 Å². The van der Waals surface area contributed by atoms with Crippen molar-refractivity contribution in [3.8, 4) is 11.1 Å². The van der Waals surface area contributed by atoms with Gasteiger partial charge in [0.1, 0.15) is 11.6 Å². The van der Waals surface area contributed by atoms with Crippen LogP contribution in [0.4, 0.5) is 15.9 Å². The first-order valence-corrected chi connectivity index (χ1v) is 12.3. The number of fused-ring (bicyclic) bond motifs is 1. The zero-order valence-electron chi connectivity index (χ0n) is 17.8. The summed E-state index contributed by atoms with van der Waals surface area (Å²) in [6.07, 6.45) is 3.30. The van der Waals surface area contributed by atoms with E-state index in [1.807, 2.05) is 18.2 Å². The van der Waals surface area contributed by atoms with Crippen LogP contribution < -0.4 is 9.62 Å². The highest BCUT2D eigenvalue weighted by Crippen LogP contribution is 2.30. The van der Waals surface area contributed by atoms with Gasteiger partial charge in [-0.3, -0.25) is 9.71 Å². The van der Waals surface area contributed by atoms with Crippen molar-refractivity contribution in [2.24, 2.45) is 0 Å². The fourth-order valence-electron chi connectivity index (χ4n) is 3.62. The second-order valence-corrected chi connectivity index (χ2v) is 9.69. The lowest BCUT2D eigenvalue weighted by molar-refractivity contribution is 0.122. The molecule has 0 bridgehead atoms. The minimum absolute atomic E-state index is 0.00961. The van der Waals surface area contributed by atoms with Gasteiger partial charge in [-0.15, -0.1) is 0 Å². The van der Waals surface area contributed by atoms with Gasteiger partial charge in [-0.25, -0.2) is 22.8 Å². The number of aromatic nitrogens is 3. The van der Waals surface area contributed by atoms with Gasteiger partial charge < -0.3 is 9.64 Å². The average Bonchev–Trinajstić information content (AvgIpc) is 2.85. The fourth-order valence-corrected chi connectivity index (χ4v) is 4.89. The minimum atomic E-state index is -3.98. The monoisotopic (exact) mass is 499 g/mol. The molecule has 1 aliphatic rings. The molecular formula is C23H19ClFN5O3S. The average molecular weight is 500 g/mol. The molecule has 1 fully saturated rings. The molecule has 0 spiro atoms. The van der Waals surface area contributed by atoms with Crippen molar-refractivity contribution >= 4 is 44.2 Å². The maximum atomic E-state index is 13.2. The topological polar surface area (TPSA) is 97.3 Å². The predicted molar refractivity (Wildman–Crippen MR) is 128 cm³/mol. The van der Waals surface area contributed by atoms with E-state index < -0.39 is 15.8 Å². The number of benzene rings is 2. The quantitative estimate of drug-likeness (QED) is 0.412. The normalized spacial score (nSPS) is 14.4. The first-order chi connectivity index (χ1) is 16.4. The van der Waals surface area contributed by atoms with Crippen molar-refractivity contribution in [3.63, 3.8) is 0 Å². The number of nitrogens with zero attached hydrogens (tertiary/aromatic N) is 4. The third kappa shape index (κ3) is 4.65. The van der Waals surface area contributed by atoms with E-state index in [1.165, 1.54) is 12.1 Å². The highest BCUT2D eigenvalue weighted by Gasteiger charge is 2.18. The zero-order valence-corrected chi connectivity index (χ0v) is 19.4. The van der Waals surface area contributed by atoms with E-state index in [1.54, 1.807) is 18.5 Å². The van der Waals surface area contributed by atoms with Crippen molar-refractivity contribution < 1.29 is 17.5 Å². The van der Waals surface area contributed by atoms with Crippen LogP contribution in [-0.4, -0.2) is 49.7 Å². The number of anilines is 2. The van der Waals surface area contributed by atoms with Crippen molar-refractivity contribution in [1.82, 2.24) is 15.0 Å². The molecule has 0 amide bonds. The van der Waals surface area contributed by atoms with E-state index in [2.05, 4.69) is 19.6 Å². The first kappa shape index (κ1) is 22.5. The van der Waals surface area contributed by atoms with Crippen LogP contribution in [-0.2, 0) is 14.8 Å². The highest BCUT2D eigenvalue weighted by molar-refractivity contribution is 7.92. The summed E-state index contributed by atoms with van der Waals surface area (Å²) < 4.78 is 46.5. The van der Waals surface area contributed by atoms with Crippen LogP contribution in [0.1, 0.15) is 0 Å². The predicted octanol–water partition coefficient (Wildman–Crippen LogP) is 4.12. The van der Waals surface area contributed by atoms with Gasteiger partial charge in [0.05, 0.1) is 41.0 Å². The van der Waals surface area contributed by atoms with E-state index in [0.29, 0.717) is 24.3 Å². The summed E-state index contributed by atoms with van der Waals surface area (Å²) in [4.78, 5) is 15.4. The van der Waals surface area contributed by atoms with Crippen molar-refractivity contribution in [2.45, 2.75) is 4.90 Å². The van der Waals surface area contributed by atoms with Gasteiger partial charge in [-0.2, -0.15) is 0 Å². The number of hydrogen-bond acceptors (Lipinski definition) is 7. The fraction of sp³-hybridized carbons (Fsp3) is 0.174. The summed E-state index contributed by atoms with van der Waals surface area (Å²) in [6.45, 7) is 2.79. The molecule has 34 heavy (non-hydrogen) atoms. The molecule has 1 aliphatic heterocycles. The molecule has 1 N–H and O–H groups in total. The molecule has 1 saturated heterocycles. The number of ether oxygens (including phenoxy) is 1. The molecular weight excluding hydrogens is 481 g/mol. The van der Waals surface area contributed by atoms with Crippen molar-refractivity contribution in [3.05, 3.63) is 71.9 Å². The Morgan fingerprint density at radius 1 is 0.941 bits per heavy atom. The Hall–Kier alpha value is -3.34. The van der Waals surface area contributed by atoms with E-state index in [0.717, 1.165) is 42.1 Å². The molecule has 0 radical (unpaired) electrons. The van der Waals surface area contributed by atoms with Crippen LogP contribution in [0.15, 0.2) is 65.8 Å². The largest absolute Gasteiger partial charge is 0.378 e. The van der Waals surface area contributed by atoms with Crippen LogP contribution >= 0.6 is 11.6 Å². The molecule has 3 heterocycles. The SMILES string of the molecule is O=S(=O)(Nc1cc(-c2ccc3ncc(N4CCOCC4)nc3c2)cnc1Cl)c1ccc(F)cc1. The first-order valence-electron chi connectivity index (χ1n) is 10.4. The van der Waals surface area contributed by atoms with E-state index in [-0.39, 0.29) is 15.7 Å². The smallest absolute Gasteiger partial charge is 0.261 e. The molecule has 4 aromatic rings. The van der Waals surface area contributed by atoms with Crippen LogP contribution in [0, 0.1) is 5.82 Å². The zero-order chi connectivity index (χ0) is 23.7. The maximum absolute atomic E-state index is 13.2. The van der Waals surface area contributed by atoms with Gasteiger partial charge in [0, 0.05) is 24.8 Å². The number of rotatable bonds is 5. The summed E-state index contributed by atoms with van der Waals surface area (Å²) in [6, 6.07) is 11.7. The van der Waals surface area contributed by atoms with Crippen LogP contribution in [0.5, 0.6) is 0 Å². The summed E-state index contributed by atoms with van der Waals surface area (Å²) >= 11 is 6.17.